The number of benzene rings is 1. The van der Waals surface area contributed by atoms with E-state index >= 15 is 0 Å². The molecule has 1 aromatic heterocycles. The molecule has 0 atom stereocenters. The first-order chi connectivity index (χ1) is 10.6. The van der Waals surface area contributed by atoms with E-state index in [-0.39, 0.29) is 0 Å². The zero-order valence-corrected chi connectivity index (χ0v) is 13.3. The van der Waals surface area contributed by atoms with Gasteiger partial charge in [0.2, 0.25) is 0 Å². The molecule has 114 valence electrons. The van der Waals surface area contributed by atoms with Crippen molar-refractivity contribution in [1.82, 2.24) is 9.55 Å². The third kappa shape index (κ3) is 1.94. The number of hydrogen-bond acceptors (Lipinski definition) is 3. The Morgan fingerprint density at radius 3 is 2.73 bits per heavy atom. The van der Waals surface area contributed by atoms with Crippen LogP contribution in [-0.4, -0.2) is 23.6 Å². The van der Waals surface area contributed by atoms with Crippen molar-refractivity contribution in [3.63, 3.8) is 0 Å². The van der Waals surface area contributed by atoms with Crippen LogP contribution in [0.4, 0.5) is 11.4 Å². The minimum absolute atomic E-state index is 0.902. The quantitative estimate of drug-likeness (QED) is 0.850. The number of nitrogens with zero attached hydrogens (tertiary/aromatic N) is 4. The van der Waals surface area contributed by atoms with Crippen LogP contribution in [-0.2, 0) is 19.4 Å². The van der Waals surface area contributed by atoms with Crippen LogP contribution in [0, 0.1) is 0 Å². The second kappa shape index (κ2) is 4.90. The van der Waals surface area contributed by atoms with Gasteiger partial charge in [0.25, 0.3) is 0 Å². The highest BCUT2D eigenvalue weighted by Crippen LogP contribution is 2.39. The zero-order valence-electron chi connectivity index (χ0n) is 13.3. The molecule has 0 fully saturated rings. The van der Waals surface area contributed by atoms with Gasteiger partial charge in [0.05, 0.1) is 23.4 Å². The Hall–Kier alpha value is -2.23. The second-order valence-corrected chi connectivity index (χ2v) is 6.33. The Bertz CT molecular complexity index is 744. The summed E-state index contributed by atoms with van der Waals surface area (Å²) >= 11 is 0. The first-order valence-corrected chi connectivity index (χ1v) is 7.97. The molecule has 2 heterocycles. The monoisotopic (exact) mass is 294 g/mol. The smallest absolute Gasteiger partial charge is 0.105 e. The number of aryl methyl sites for hydroxylation is 1. The summed E-state index contributed by atoms with van der Waals surface area (Å²) in [4.78, 5) is 8.89. The fourth-order valence-corrected chi connectivity index (χ4v) is 3.59. The van der Waals surface area contributed by atoms with Gasteiger partial charge >= 0.3 is 0 Å². The Kier molecular flexibility index (Phi) is 2.99. The molecule has 0 unspecified atom stereocenters. The molecule has 0 bridgehead atoms. The van der Waals surface area contributed by atoms with Gasteiger partial charge in [-0.15, -0.1) is 0 Å². The van der Waals surface area contributed by atoms with Gasteiger partial charge in [-0.3, -0.25) is 0 Å². The van der Waals surface area contributed by atoms with Crippen molar-refractivity contribution < 1.29 is 0 Å². The van der Waals surface area contributed by atoms with Crippen LogP contribution >= 0.6 is 0 Å². The third-order valence-electron chi connectivity index (χ3n) is 5.00. The van der Waals surface area contributed by atoms with E-state index < -0.39 is 0 Å². The maximum atomic E-state index is 4.59. The highest BCUT2D eigenvalue weighted by Gasteiger charge is 2.24. The molecule has 0 saturated carbocycles. The van der Waals surface area contributed by atoms with Crippen LogP contribution < -0.4 is 9.80 Å². The van der Waals surface area contributed by atoms with Crippen molar-refractivity contribution >= 4 is 11.4 Å². The molecule has 1 aliphatic carbocycles. The lowest BCUT2D eigenvalue weighted by atomic mass is 10.0. The van der Waals surface area contributed by atoms with E-state index in [1.807, 2.05) is 6.33 Å². The van der Waals surface area contributed by atoms with E-state index in [2.05, 4.69) is 58.2 Å². The molecule has 1 aromatic carbocycles. The van der Waals surface area contributed by atoms with Crippen molar-refractivity contribution in [2.24, 2.45) is 0 Å². The predicted octanol–water partition coefficient (Wildman–Crippen LogP) is 3.17. The zero-order chi connectivity index (χ0) is 15.3. The molecule has 0 spiro atoms. The molecule has 2 aromatic rings. The Balaban J connectivity index is 1.65. The molecular formula is C18H22N4. The summed E-state index contributed by atoms with van der Waals surface area (Å²) in [6, 6.07) is 6.69. The molecular weight excluding hydrogens is 272 g/mol. The summed E-state index contributed by atoms with van der Waals surface area (Å²) in [5.41, 5.74) is 6.52. The molecule has 4 rings (SSSR count). The van der Waals surface area contributed by atoms with Gasteiger partial charge in [-0.1, -0.05) is 12.6 Å². The first kappa shape index (κ1) is 13.4. The van der Waals surface area contributed by atoms with Crippen LogP contribution in [0.25, 0.3) is 0 Å². The second-order valence-electron chi connectivity index (χ2n) is 6.33. The highest BCUT2D eigenvalue weighted by molar-refractivity contribution is 5.82. The molecule has 4 heteroatoms. The topological polar surface area (TPSA) is 24.3 Å². The number of aromatic nitrogens is 2. The van der Waals surface area contributed by atoms with Gasteiger partial charge < -0.3 is 14.4 Å². The number of rotatable bonds is 2. The van der Waals surface area contributed by atoms with Gasteiger partial charge in [0.1, 0.15) is 5.82 Å². The Morgan fingerprint density at radius 2 is 1.86 bits per heavy atom. The van der Waals surface area contributed by atoms with Gasteiger partial charge in [-0.2, -0.15) is 0 Å². The fraction of sp³-hybridized carbons (Fsp3) is 0.389. The van der Waals surface area contributed by atoms with Crippen molar-refractivity contribution in [3.8, 4) is 0 Å². The van der Waals surface area contributed by atoms with E-state index in [4.69, 9.17) is 0 Å². The van der Waals surface area contributed by atoms with Crippen LogP contribution in [0.15, 0.2) is 36.9 Å². The number of hydrogen-bond donors (Lipinski definition) is 0. The summed E-state index contributed by atoms with van der Waals surface area (Å²) in [5.74, 6) is 1.02. The number of imidazole rings is 1. The molecule has 4 nitrogen and oxygen atoms in total. The van der Waals surface area contributed by atoms with Crippen LogP contribution in [0.1, 0.15) is 29.8 Å². The first-order valence-electron chi connectivity index (χ1n) is 7.97. The van der Waals surface area contributed by atoms with Crippen LogP contribution in [0.3, 0.4) is 0 Å². The summed E-state index contributed by atoms with van der Waals surface area (Å²) < 4.78 is 2.32. The van der Waals surface area contributed by atoms with Gasteiger partial charge in [-0.25, -0.2) is 4.98 Å². The lowest BCUT2D eigenvalue weighted by molar-refractivity contribution is 0.628. The van der Waals surface area contributed by atoms with Gasteiger partial charge in [0, 0.05) is 26.3 Å². The highest BCUT2D eigenvalue weighted by atomic mass is 15.4. The standard InChI is InChI=1S/C18H22N4/c1-13-20(2)17-9-8-14(10-18(17)21(13)3)11-22-12-19-15-6-4-5-7-16(15)22/h8-10,12H,1,4-7,11H2,2-3H3. The summed E-state index contributed by atoms with van der Waals surface area (Å²) in [6.45, 7) is 5.03. The van der Waals surface area contributed by atoms with E-state index in [1.54, 1.807) is 0 Å². The van der Waals surface area contributed by atoms with Crippen molar-refractivity contribution in [3.05, 3.63) is 53.9 Å². The Labute approximate surface area is 131 Å². The Morgan fingerprint density at radius 1 is 1.09 bits per heavy atom. The summed E-state index contributed by atoms with van der Waals surface area (Å²) in [6.07, 6.45) is 6.88. The molecule has 0 saturated heterocycles. The van der Waals surface area contributed by atoms with Crippen molar-refractivity contribution in [2.45, 2.75) is 32.2 Å². The molecule has 1 aliphatic heterocycles. The van der Waals surface area contributed by atoms with E-state index in [0.29, 0.717) is 0 Å². The van der Waals surface area contributed by atoms with Gasteiger partial charge in [-0.05, 0) is 43.4 Å². The molecule has 22 heavy (non-hydrogen) atoms. The molecule has 0 N–H and O–H groups in total. The van der Waals surface area contributed by atoms with E-state index in [9.17, 15) is 0 Å². The lowest BCUT2D eigenvalue weighted by Crippen LogP contribution is -2.20. The lowest BCUT2D eigenvalue weighted by Gasteiger charge is -2.16. The average molecular weight is 294 g/mol. The minimum Gasteiger partial charge on any atom is -0.330 e. The summed E-state index contributed by atoms with van der Waals surface area (Å²) in [5, 5.41) is 0. The maximum Gasteiger partial charge on any atom is 0.105 e. The largest absolute Gasteiger partial charge is 0.330 e. The van der Waals surface area contributed by atoms with E-state index in [1.165, 1.54) is 47.6 Å². The fourth-order valence-electron chi connectivity index (χ4n) is 3.59. The van der Waals surface area contributed by atoms with Gasteiger partial charge in [0.15, 0.2) is 0 Å². The molecule has 0 amide bonds. The minimum atomic E-state index is 0.902. The summed E-state index contributed by atoms with van der Waals surface area (Å²) in [7, 11) is 4.14. The predicted molar refractivity (Wildman–Crippen MR) is 90.4 cm³/mol. The molecule has 2 aliphatic rings. The van der Waals surface area contributed by atoms with Crippen LogP contribution in [0.2, 0.25) is 0 Å². The van der Waals surface area contributed by atoms with E-state index in [0.717, 1.165) is 18.8 Å². The SMILES string of the molecule is C=C1N(C)c2ccc(Cn3cnc4c3CCCC4)cc2N1C. The molecule has 0 radical (unpaired) electrons. The average Bonchev–Trinajstić information content (AvgIpc) is 3.04. The number of fused-ring (bicyclic) bond motifs is 2. The normalized spacial score (nSPS) is 16.9. The van der Waals surface area contributed by atoms with Crippen molar-refractivity contribution in [2.75, 3.05) is 23.9 Å². The maximum absolute atomic E-state index is 4.59. The third-order valence-corrected chi connectivity index (χ3v) is 5.00. The number of anilines is 2. The van der Waals surface area contributed by atoms with Crippen LogP contribution in [0.5, 0.6) is 0 Å². The van der Waals surface area contributed by atoms with Crippen molar-refractivity contribution in [1.29, 1.82) is 0 Å².